The van der Waals surface area contributed by atoms with Gasteiger partial charge in [-0.3, -0.25) is 10.1 Å². The van der Waals surface area contributed by atoms with E-state index in [1.54, 1.807) is 7.11 Å². The molecule has 0 fully saturated rings. The Morgan fingerprint density at radius 1 is 1.60 bits per heavy atom. The van der Waals surface area contributed by atoms with Crippen molar-refractivity contribution < 1.29 is 9.53 Å². The van der Waals surface area contributed by atoms with Crippen LogP contribution in [0.4, 0.5) is 0 Å². The molecule has 0 saturated heterocycles. The molecule has 0 spiro atoms. The van der Waals surface area contributed by atoms with E-state index in [-0.39, 0.29) is 18.5 Å². The van der Waals surface area contributed by atoms with Gasteiger partial charge in [0, 0.05) is 7.11 Å². The van der Waals surface area contributed by atoms with Crippen LogP contribution in [-0.2, 0) is 9.53 Å². The van der Waals surface area contributed by atoms with Gasteiger partial charge in [0.2, 0.25) is 5.91 Å². The third kappa shape index (κ3) is 7.98. The van der Waals surface area contributed by atoms with Crippen LogP contribution in [0.15, 0.2) is 0 Å². The fourth-order valence-corrected chi connectivity index (χ4v) is 1.27. The van der Waals surface area contributed by atoms with E-state index in [1.807, 2.05) is 0 Å². The lowest BCUT2D eigenvalue weighted by Gasteiger charge is -2.17. The molecule has 4 nitrogen and oxygen atoms in total. The highest BCUT2D eigenvalue weighted by molar-refractivity contribution is 5.78. The predicted molar refractivity (Wildman–Crippen MR) is 60.4 cm³/mol. The normalized spacial score (nSPS) is 11.8. The first-order valence-electron chi connectivity index (χ1n) is 5.17. The number of methoxy groups -OCH3 is 1. The Hall–Kier alpha value is -1.05. The highest BCUT2D eigenvalue weighted by atomic mass is 16.5. The number of nitrogens with one attached hydrogen (secondary N) is 2. The Labute approximate surface area is 91.8 Å². The minimum atomic E-state index is -0.0410. The lowest BCUT2D eigenvalue weighted by molar-refractivity contribution is -0.121. The van der Waals surface area contributed by atoms with E-state index in [1.165, 1.54) is 0 Å². The quantitative estimate of drug-likeness (QED) is 0.444. The van der Waals surface area contributed by atoms with Crippen LogP contribution in [0.5, 0.6) is 0 Å². The first-order valence-corrected chi connectivity index (χ1v) is 5.17. The zero-order chi connectivity index (χ0) is 11.5. The maximum Gasteiger partial charge on any atom is 0.234 e. The molecule has 0 aromatic rings. The van der Waals surface area contributed by atoms with Gasteiger partial charge in [-0.2, -0.15) is 0 Å². The molecule has 0 bridgehead atoms. The molecule has 0 radical (unpaired) electrons. The van der Waals surface area contributed by atoms with Gasteiger partial charge in [0.1, 0.15) is 0 Å². The van der Waals surface area contributed by atoms with Crippen LogP contribution in [0.3, 0.4) is 0 Å². The molecule has 1 amide bonds. The van der Waals surface area contributed by atoms with Crippen LogP contribution >= 0.6 is 0 Å². The summed E-state index contributed by atoms with van der Waals surface area (Å²) >= 11 is 0. The average Bonchev–Trinajstić information content (AvgIpc) is 2.19. The van der Waals surface area contributed by atoms with Crippen LogP contribution < -0.4 is 10.6 Å². The monoisotopic (exact) mass is 212 g/mol. The van der Waals surface area contributed by atoms with Crippen molar-refractivity contribution in [3.8, 4) is 12.3 Å². The van der Waals surface area contributed by atoms with Crippen molar-refractivity contribution in [3.63, 3.8) is 0 Å². The molecule has 4 heteroatoms. The SMILES string of the molecule is C#CCNCC(=O)NC(CCC)COC. The second-order valence-electron chi connectivity index (χ2n) is 3.32. The highest BCUT2D eigenvalue weighted by Gasteiger charge is 2.10. The molecule has 0 rings (SSSR count). The van der Waals surface area contributed by atoms with Gasteiger partial charge in [-0.05, 0) is 6.42 Å². The van der Waals surface area contributed by atoms with E-state index in [4.69, 9.17) is 11.2 Å². The Bertz CT molecular complexity index is 205. The molecule has 0 aromatic carbocycles. The topological polar surface area (TPSA) is 50.4 Å². The van der Waals surface area contributed by atoms with Gasteiger partial charge < -0.3 is 10.1 Å². The molecular weight excluding hydrogens is 192 g/mol. The minimum absolute atomic E-state index is 0.0410. The number of terminal acetylenes is 1. The second kappa shape index (κ2) is 9.50. The summed E-state index contributed by atoms with van der Waals surface area (Å²) in [5.41, 5.74) is 0. The second-order valence-corrected chi connectivity index (χ2v) is 3.32. The number of amides is 1. The standard InChI is InChI=1S/C11H20N2O2/c1-4-6-10(9-15-3)13-11(14)8-12-7-5-2/h2,10,12H,4,6-9H2,1,3H3,(H,13,14). The van der Waals surface area contributed by atoms with Crippen LogP contribution in [0.1, 0.15) is 19.8 Å². The molecule has 1 unspecified atom stereocenters. The van der Waals surface area contributed by atoms with E-state index in [0.717, 1.165) is 12.8 Å². The Morgan fingerprint density at radius 3 is 2.87 bits per heavy atom. The van der Waals surface area contributed by atoms with Gasteiger partial charge in [-0.1, -0.05) is 19.3 Å². The number of hydrogen-bond donors (Lipinski definition) is 2. The van der Waals surface area contributed by atoms with Crippen molar-refractivity contribution in [2.24, 2.45) is 0 Å². The van der Waals surface area contributed by atoms with Crippen LogP contribution in [0.2, 0.25) is 0 Å². The van der Waals surface area contributed by atoms with Gasteiger partial charge in [0.25, 0.3) is 0 Å². The number of hydrogen-bond acceptors (Lipinski definition) is 3. The summed E-state index contributed by atoms with van der Waals surface area (Å²) in [6.45, 7) is 3.30. The van der Waals surface area contributed by atoms with Crippen molar-refractivity contribution in [3.05, 3.63) is 0 Å². The smallest absolute Gasteiger partial charge is 0.234 e. The summed E-state index contributed by atoms with van der Waals surface area (Å²) < 4.78 is 5.02. The maximum absolute atomic E-state index is 11.4. The number of carbonyl (C=O) groups is 1. The Balaban J connectivity index is 3.73. The minimum Gasteiger partial charge on any atom is -0.383 e. The lowest BCUT2D eigenvalue weighted by Crippen LogP contribution is -2.42. The number of carbonyl (C=O) groups excluding carboxylic acids is 1. The summed E-state index contributed by atoms with van der Waals surface area (Å²) in [6.07, 6.45) is 6.99. The number of ether oxygens (including phenoxy) is 1. The van der Waals surface area contributed by atoms with Crippen molar-refractivity contribution in [1.29, 1.82) is 0 Å². The molecule has 0 saturated carbocycles. The van der Waals surface area contributed by atoms with Gasteiger partial charge >= 0.3 is 0 Å². The largest absolute Gasteiger partial charge is 0.383 e. The average molecular weight is 212 g/mol. The number of rotatable bonds is 8. The summed E-state index contributed by atoms with van der Waals surface area (Å²) in [4.78, 5) is 11.4. The van der Waals surface area contributed by atoms with E-state index in [2.05, 4.69) is 23.5 Å². The molecule has 0 aromatic heterocycles. The van der Waals surface area contributed by atoms with E-state index in [9.17, 15) is 4.79 Å². The van der Waals surface area contributed by atoms with Crippen LogP contribution in [-0.4, -0.2) is 38.8 Å². The maximum atomic E-state index is 11.4. The van der Waals surface area contributed by atoms with E-state index < -0.39 is 0 Å². The summed E-state index contributed by atoms with van der Waals surface area (Å²) in [7, 11) is 1.63. The molecule has 0 heterocycles. The van der Waals surface area contributed by atoms with Crippen molar-refractivity contribution in [1.82, 2.24) is 10.6 Å². The Morgan fingerprint density at radius 2 is 2.33 bits per heavy atom. The van der Waals surface area contributed by atoms with Gasteiger partial charge in [0.05, 0.1) is 25.7 Å². The van der Waals surface area contributed by atoms with Gasteiger partial charge in [0.15, 0.2) is 0 Å². The zero-order valence-electron chi connectivity index (χ0n) is 9.51. The van der Waals surface area contributed by atoms with Crippen molar-refractivity contribution in [2.75, 3.05) is 26.8 Å². The first kappa shape index (κ1) is 13.9. The molecular formula is C11H20N2O2. The summed E-state index contributed by atoms with van der Waals surface area (Å²) in [5, 5.41) is 5.72. The third-order valence-corrected chi connectivity index (χ3v) is 1.88. The van der Waals surface area contributed by atoms with E-state index in [0.29, 0.717) is 13.2 Å². The predicted octanol–water partition coefficient (Wildman–Crippen LogP) is 0.140. The fourth-order valence-electron chi connectivity index (χ4n) is 1.27. The molecule has 15 heavy (non-hydrogen) atoms. The van der Waals surface area contributed by atoms with Gasteiger partial charge in [-0.15, -0.1) is 6.42 Å². The molecule has 2 N–H and O–H groups in total. The fraction of sp³-hybridized carbons (Fsp3) is 0.727. The first-order chi connectivity index (χ1) is 7.24. The summed E-state index contributed by atoms with van der Waals surface area (Å²) in [5.74, 6) is 2.37. The van der Waals surface area contributed by atoms with Crippen LogP contribution in [0.25, 0.3) is 0 Å². The van der Waals surface area contributed by atoms with Crippen molar-refractivity contribution >= 4 is 5.91 Å². The third-order valence-electron chi connectivity index (χ3n) is 1.88. The highest BCUT2D eigenvalue weighted by Crippen LogP contribution is 1.96. The lowest BCUT2D eigenvalue weighted by atomic mass is 10.2. The molecule has 0 aliphatic carbocycles. The Kier molecular flexibility index (Phi) is 8.84. The zero-order valence-corrected chi connectivity index (χ0v) is 9.51. The van der Waals surface area contributed by atoms with E-state index >= 15 is 0 Å². The molecule has 1 atom stereocenters. The van der Waals surface area contributed by atoms with Gasteiger partial charge in [-0.25, -0.2) is 0 Å². The summed E-state index contributed by atoms with van der Waals surface area (Å²) in [6, 6.07) is 0.0973. The van der Waals surface area contributed by atoms with Crippen LogP contribution in [0, 0.1) is 12.3 Å². The molecule has 86 valence electrons. The molecule has 0 aliphatic heterocycles. The van der Waals surface area contributed by atoms with Crippen molar-refractivity contribution in [2.45, 2.75) is 25.8 Å². The molecule has 0 aliphatic rings.